The number of carbonyl (C=O) groups excluding carboxylic acids is 1. The highest BCUT2D eigenvalue weighted by Gasteiger charge is 2.22. The van der Waals surface area contributed by atoms with Gasteiger partial charge in [-0.3, -0.25) is 14.9 Å². The number of non-ortho nitro benzene ring substituents is 1. The molecular formula is C28H21Br2N3O4. The Morgan fingerprint density at radius 2 is 1.46 bits per heavy atom. The van der Waals surface area contributed by atoms with Crippen LogP contribution < -0.4 is 10.2 Å². The summed E-state index contributed by atoms with van der Waals surface area (Å²) in [5, 5.41) is 15.0. The number of hydrazone groups is 1. The van der Waals surface area contributed by atoms with Crippen LogP contribution in [0.3, 0.4) is 0 Å². The van der Waals surface area contributed by atoms with Gasteiger partial charge in [0.25, 0.3) is 11.6 Å². The van der Waals surface area contributed by atoms with E-state index in [2.05, 4.69) is 42.4 Å². The summed E-state index contributed by atoms with van der Waals surface area (Å²) in [6.07, 6.45) is 1.56. The maximum Gasteiger partial charge on any atom is 0.269 e. The first-order chi connectivity index (χ1) is 17.9. The molecule has 0 fully saturated rings. The monoisotopic (exact) mass is 621 g/mol. The van der Waals surface area contributed by atoms with Crippen LogP contribution in [0, 0.1) is 10.1 Å². The lowest BCUT2D eigenvalue weighted by atomic mass is 9.91. The van der Waals surface area contributed by atoms with Crippen molar-refractivity contribution >= 4 is 49.7 Å². The first-order valence-electron chi connectivity index (χ1n) is 11.2. The molecule has 37 heavy (non-hydrogen) atoms. The highest BCUT2D eigenvalue weighted by Crippen LogP contribution is 2.35. The Kier molecular flexibility index (Phi) is 8.81. The van der Waals surface area contributed by atoms with E-state index in [1.165, 1.54) is 12.1 Å². The molecule has 4 rings (SSSR count). The Labute approximate surface area is 230 Å². The first kappa shape index (κ1) is 26.2. The third-order valence-corrected chi connectivity index (χ3v) is 6.65. The van der Waals surface area contributed by atoms with Crippen LogP contribution in [0.5, 0.6) is 5.75 Å². The molecular weight excluding hydrogens is 602 g/mol. The predicted octanol–water partition coefficient (Wildman–Crippen LogP) is 6.98. The minimum atomic E-state index is -0.492. The van der Waals surface area contributed by atoms with Crippen molar-refractivity contribution in [1.29, 1.82) is 0 Å². The van der Waals surface area contributed by atoms with Crippen LogP contribution in [-0.2, 0) is 11.4 Å². The summed E-state index contributed by atoms with van der Waals surface area (Å²) in [7, 11) is 0. The molecule has 0 saturated heterocycles. The van der Waals surface area contributed by atoms with Gasteiger partial charge >= 0.3 is 0 Å². The largest absolute Gasteiger partial charge is 0.487 e. The highest BCUT2D eigenvalue weighted by atomic mass is 79.9. The van der Waals surface area contributed by atoms with Crippen molar-refractivity contribution < 1.29 is 14.5 Å². The van der Waals surface area contributed by atoms with Crippen LogP contribution in [0.2, 0.25) is 0 Å². The predicted molar refractivity (Wildman–Crippen MR) is 150 cm³/mol. The Morgan fingerprint density at radius 1 is 0.919 bits per heavy atom. The molecule has 0 aliphatic carbocycles. The summed E-state index contributed by atoms with van der Waals surface area (Å²) >= 11 is 7.03. The fraction of sp³-hybridized carbons (Fsp3) is 0.0714. The standard InChI is InChI=1S/C28H21Br2N3O4/c29-24-15-20(16-25(30)27(24)37-18-19-11-13-23(14-12-19)33(35)36)17-31-32-28(34)26(21-7-3-1-4-8-21)22-9-5-2-6-10-22/h1-17,26H,18H2,(H,32,34)/b31-17+. The maximum absolute atomic E-state index is 13.1. The topological polar surface area (TPSA) is 93.8 Å². The molecule has 0 aromatic heterocycles. The van der Waals surface area contributed by atoms with Crippen LogP contribution in [0.4, 0.5) is 5.69 Å². The second-order valence-corrected chi connectivity index (χ2v) is 9.72. The smallest absolute Gasteiger partial charge is 0.269 e. The Bertz CT molecular complexity index is 1350. The summed E-state index contributed by atoms with van der Waals surface area (Å²) in [6, 6.07) is 29.0. The Morgan fingerprint density at radius 3 is 1.97 bits per heavy atom. The van der Waals surface area contributed by atoms with E-state index in [-0.39, 0.29) is 18.2 Å². The third kappa shape index (κ3) is 6.90. The Hall–Kier alpha value is -3.82. The van der Waals surface area contributed by atoms with Crippen molar-refractivity contribution in [2.75, 3.05) is 0 Å². The molecule has 0 aliphatic heterocycles. The van der Waals surface area contributed by atoms with Gasteiger partial charge in [-0.15, -0.1) is 0 Å². The van der Waals surface area contributed by atoms with E-state index in [1.807, 2.05) is 72.8 Å². The van der Waals surface area contributed by atoms with E-state index in [0.29, 0.717) is 14.7 Å². The normalized spacial score (nSPS) is 11.0. The number of hydrogen-bond acceptors (Lipinski definition) is 5. The van der Waals surface area contributed by atoms with E-state index in [9.17, 15) is 14.9 Å². The molecule has 0 spiro atoms. The first-order valence-corrected chi connectivity index (χ1v) is 12.8. The molecule has 186 valence electrons. The molecule has 0 bridgehead atoms. The van der Waals surface area contributed by atoms with Crippen LogP contribution in [0.1, 0.15) is 28.2 Å². The lowest BCUT2D eigenvalue weighted by Gasteiger charge is -2.16. The molecule has 0 radical (unpaired) electrons. The fourth-order valence-corrected chi connectivity index (χ4v) is 5.13. The SMILES string of the molecule is O=C(N/N=C/c1cc(Br)c(OCc2ccc([N+](=O)[O-])cc2)c(Br)c1)C(c1ccccc1)c1ccccc1. The summed E-state index contributed by atoms with van der Waals surface area (Å²) < 4.78 is 7.27. The van der Waals surface area contributed by atoms with Crippen LogP contribution in [0.25, 0.3) is 0 Å². The third-order valence-electron chi connectivity index (χ3n) is 5.47. The van der Waals surface area contributed by atoms with Crippen LogP contribution >= 0.6 is 31.9 Å². The fourth-order valence-electron chi connectivity index (χ4n) is 3.68. The number of amides is 1. The molecule has 4 aromatic carbocycles. The molecule has 0 atom stereocenters. The number of carbonyl (C=O) groups is 1. The molecule has 1 amide bonds. The highest BCUT2D eigenvalue weighted by molar-refractivity contribution is 9.11. The van der Waals surface area contributed by atoms with E-state index in [0.717, 1.165) is 22.3 Å². The van der Waals surface area contributed by atoms with Gasteiger partial charge in [0.15, 0.2) is 0 Å². The lowest BCUT2D eigenvalue weighted by molar-refractivity contribution is -0.384. The van der Waals surface area contributed by atoms with Gasteiger partial charge in [-0.2, -0.15) is 5.10 Å². The number of nitro groups is 1. The quantitative estimate of drug-likeness (QED) is 0.124. The second kappa shape index (κ2) is 12.4. The number of hydrogen-bond donors (Lipinski definition) is 1. The van der Waals surface area contributed by atoms with Gasteiger partial charge in [0.2, 0.25) is 0 Å². The average Bonchev–Trinajstić information content (AvgIpc) is 2.90. The van der Waals surface area contributed by atoms with Gasteiger partial charge in [-0.25, -0.2) is 5.43 Å². The number of nitrogens with one attached hydrogen (secondary N) is 1. The van der Waals surface area contributed by atoms with Crippen molar-refractivity contribution in [3.05, 3.63) is 138 Å². The molecule has 0 saturated carbocycles. The van der Waals surface area contributed by atoms with E-state index in [4.69, 9.17) is 4.74 Å². The second-order valence-electron chi connectivity index (χ2n) is 8.01. The minimum Gasteiger partial charge on any atom is -0.487 e. The number of halogens is 2. The molecule has 0 heterocycles. The van der Waals surface area contributed by atoms with Gasteiger partial charge < -0.3 is 4.74 Å². The molecule has 0 aliphatic rings. The van der Waals surface area contributed by atoms with E-state index < -0.39 is 10.8 Å². The van der Waals surface area contributed by atoms with Crippen LogP contribution in [-0.4, -0.2) is 17.0 Å². The van der Waals surface area contributed by atoms with Crippen LogP contribution in [0.15, 0.2) is 111 Å². The molecule has 7 nitrogen and oxygen atoms in total. The average molecular weight is 623 g/mol. The summed E-state index contributed by atoms with van der Waals surface area (Å²) in [5.41, 5.74) is 5.97. The van der Waals surface area contributed by atoms with E-state index in [1.54, 1.807) is 18.3 Å². The van der Waals surface area contributed by atoms with Crippen molar-refractivity contribution in [1.82, 2.24) is 5.43 Å². The minimum absolute atomic E-state index is 0.0284. The zero-order valence-electron chi connectivity index (χ0n) is 19.4. The van der Waals surface area contributed by atoms with Crippen molar-refractivity contribution in [2.24, 2.45) is 5.10 Å². The van der Waals surface area contributed by atoms with Gasteiger partial charge in [-0.1, -0.05) is 60.7 Å². The number of rotatable bonds is 9. The van der Waals surface area contributed by atoms with Gasteiger partial charge in [0, 0.05) is 12.1 Å². The zero-order chi connectivity index (χ0) is 26.2. The molecule has 4 aromatic rings. The number of nitrogens with zero attached hydrogens (tertiary/aromatic N) is 2. The number of ether oxygens (including phenoxy) is 1. The maximum atomic E-state index is 13.1. The van der Waals surface area contributed by atoms with Crippen molar-refractivity contribution in [3.63, 3.8) is 0 Å². The summed E-state index contributed by atoms with van der Waals surface area (Å²) in [5.74, 6) is -0.157. The number of nitro benzene ring substituents is 1. The lowest BCUT2D eigenvalue weighted by Crippen LogP contribution is -2.26. The van der Waals surface area contributed by atoms with Gasteiger partial charge in [0.1, 0.15) is 12.4 Å². The van der Waals surface area contributed by atoms with Gasteiger partial charge in [0.05, 0.1) is 26.0 Å². The van der Waals surface area contributed by atoms with Gasteiger partial charge in [-0.05, 0) is 78.4 Å². The molecule has 1 N–H and O–H groups in total. The van der Waals surface area contributed by atoms with Crippen molar-refractivity contribution in [2.45, 2.75) is 12.5 Å². The van der Waals surface area contributed by atoms with E-state index >= 15 is 0 Å². The Balaban J connectivity index is 1.43. The summed E-state index contributed by atoms with van der Waals surface area (Å²) in [4.78, 5) is 23.5. The number of benzene rings is 4. The molecule has 9 heteroatoms. The zero-order valence-corrected chi connectivity index (χ0v) is 22.6. The molecule has 0 unspecified atom stereocenters. The summed E-state index contributed by atoms with van der Waals surface area (Å²) in [6.45, 7) is 0.235. The van der Waals surface area contributed by atoms with Crippen molar-refractivity contribution in [3.8, 4) is 5.75 Å².